The number of aromatic nitrogens is 6. The first kappa shape index (κ1) is 29.8. The van der Waals surface area contributed by atoms with Crippen molar-refractivity contribution in [1.29, 1.82) is 0 Å². The van der Waals surface area contributed by atoms with E-state index in [-0.39, 0.29) is 40.7 Å². The number of imidazole rings is 2. The van der Waals surface area contributed by atoms with Gasteiger partial charge in [0.15, 0.2) is 53.6 Å². The van der Waals surface area contributed by atoms with Gasteiger partial charge >= 0.3 is 6.72 Å². The van der Waals surface area contributed by atoms with Gasteiger partial charge in [0.25, 0.3) is 10.1 Å². The van der Waals surface area contributed by atoms with Gasteiger partial charge in [-0.05, 0) is 18.2 Å². The first-order chi connectivity index (χ1) is 20.9. The number of fused-ring (bicyclic) bond motifs is 4. The number of nitrogen functional groups attached to an aromatic ring is 1. The van der Waals surface area contributed by atoms with Gasteiger partial charge < -0.3 is 24.6 Å². The molecule has 3 saturated heterocycles. The second-order valence-corrected chi connectivity index (χ2v) is 14.8. The lowest BCUT2D eigenvalue weighted by molar-refractivity contribution is -0.0456. The van der Waals surface area contributed by atoms with E-state index in [1.165, 1.54) is 28.0 Å². The highest BCUT2D eigenvalue weighted by atomic mass is 32.5. The maximum Gasteiger partial charge on any atom is 0.325 e. The third-order valence-electron chi connectivity index (χ3n) is 7.56. The molecule has 3 aromatic rings. The largest absolute Gasteiger partial charge is 0.382 e. The van der Waals surface area contributed by atoms with Crippen LogP contribution < -0.4 is 5.73 Å². The van der Waals surface area contributed by atoms with E-state index in [1.807, 2.05) is 0 Å². The molecule has 44 heavy (non-hydrogen) atoms. The summed E-state index contributed by atoms with van der Waals surface area (Å²) in [6.07, 6.45) is -8.66. The maximum absolute atomic E-state index is 15.9. The van der Waals surface area contributed by atoms with Gasteiger partial charge in [0.1, 0.15) is 30.2 Å². The van der Waals surface area contributed by atoms with Crippen molar-refractivity contribution in [3.63, 3.8) is 0 Å². The monoisotopic (exact) mass is 676 g/mol. The molecule has 236 valence electrons. The standard InChI is InChI=1S/C22H23F2N8O9PS2/c23-12-16-10(38-21(12)31-7-29-14-9(33)1-3-26-19(14)31)2-4-44(35,36)41-17-11(5-37-42(34,43)40-16)39-22(13(17)24)32-8-30-15-18(25)27-6-28-20(15)32/h3,6-8,10-13,16-17,21-22H,1-2,4-5H2,(H,34,43)(H2,25,27,28)/t10-,11-,12-,13-,16-,17-,21-,22-,42?/m1/s1. The zero-order valence-electron chi connectivity index (χ0n) is 22.2. The minimum Gasteiger partial charge on any atom is -0.382 e. The number of anilines is 1. The second-order valence-electron chi connectivity index (χ2n) is 10.3. The SMILES string of the molecule is Nc1ncnc2c1ncn2[C@@H]1O[C@@H]2COP(O)(=S)O[C@H]3[C@@H](F)[C@H](n4cnc5c4N=CCC5=O)O[C@@H]3CCS(=O)(=O)O[C@H]2[C@H]1F. The molecule has 3 aromatic heterocycles. The van der Waals surface area contributed by atoms with Gasteiger partial charge in [-0.2, -0.15) is 8.42 Å². The van der Waals surface area contributed by atoms with Crippen LogP contribution in [0.4, 0.5) is 20.4 Å². The summed E-state index contributed by atoms with van der Waals surface area (Å²) in [5.41, 5.74) is 6.12. The highest BCUT2D eigenvalue weighted by molar-refractivity contribution is 8.07. The summed E-state index contributed by atoms with van der Waals surface area (Å²) in [5, 5.41) is 0. The van der Waals surface area contributed by atoms with Crippen molar-refractivity contribution in [1.82, 2.24) is 29.1 Å². The van der Waals surface area contributed by atoms with E-state index < -0.39 is 84.8 Å². The van der Waals surface area contributed by atoms with E-state index in [0.29, 0.717) is 0 Å². The molecule has 3 fully saturated rings. The molecular formula is C22H23F2N8O9PS2. The number of hydrogen-bond acceptors (Lipinski definition) is 15. The molecule has 22 heteroatoms. The predicted octanol–water partition coefficient (Wildman–Crippen LogP) is 0.802. The van der Waals surface area contributed by atoms with Crippen LogP contribution in [0.3, 0.4) is 0 Å². The van der Waals surface area contributed by atoms with Crippen LogP contribution in [-0.4, -0.2) is 103 Å². The Bertz CT molecular complexity index is 1830. The summed E-state index contributed by atoms with van der Waals surface area (Å²) in [7, 11) is -4.49. The highest BCUT2D eigenvalue weighted by Gasteiger charge is 2.53. The van der Waals surface area contributed by atoms with Crippen molar-refractivity contribution in [2.45, 2.75) is 62.1 Å². The third kappa shape index (κ3) is 5.14. The van der Waals surface area contributed by atoms with Crippen molar-refractivity contribution in [3.05, 3.63) is 24.7 Å². The van der Waals surface area contributed by atoms with Gasteiger partial charge in [0.2, 0.25) is 0 Å². The zero-order chi connectivity index (χ0) is 31.0. The molecule has 0 aromatic carbocycles. The van der Waals surface area contributed by atoms with E-state index in [4.69, 9.17) is 40.2 Å². The number of Topliss-reactive ketones (excluding diaryl/α,β-unsaturated/α-hetero) is 1. The Labute approximate surface area is 251 Å². The fraction of sp³-hybridized carbons (Fsp3) is 0.545. The third-order valence-corrected chi connectivity index (χ3v) is 10.4. The maximum atomic E-state index is 15.9. The summed E-state index contributed by atoms with van der Waals surface area (Å²) in [6, 6.07) is 0. The number of ether oxygens (including phenoxy) is 2. The van der Waals surface area contributed by atoms with Crippen LogP contribution in [0.2, 0.25) is 0 Å². The molecule has 0 spiro atoms. The van der Waals surface area contributed by atoms with Crippen LogP contribution in [0.1, 0.15) is 35.8 Å². The number of ketones is 1. The second kappa shape index (κ2) is 10.9. The summed E-state index contributed by atoms with van der Waals surface area (Å²) in [4.78, 5) is 43.2. The number of carbonyl (C=O) groups excluding carboxylic acids is 1. The van der Waals surface area contributed by atoms with Crippen molar-refractivity contribution >= 4 is 63.4 Å². The summed E-state index contributed by atoms with van der Waals surface area (Å²) >= 11 is 5.13. The smallest absolute Gasteiger partial charge is 0.325 e. The average Bonchev–Trinajstić information content (AvgIpc) is 3.73. The topological polar surface area (TPSA) is 217 Å². The normalized spacial score (nSPS) is 37.2. The molecular weight excluding hydrogens is 653 g/mol. The van der Waals surface area contributed by atoms with Crippen LogP contribution in [-0.2, 0) is 44.6 Å². The zero-order valence-corrected chi connectivity index (χ0v) is 24.7. The Morgan fingerprint density at radius 1 is 1.05 bits per heavy atom. The molecule has 0 radical (unpaired) electrons. The Balaban J connectivity index is 1.16. The molecule has 7 rings (SSSR count). The lowest BCUT2D eigenvalue weighted by Gasteiger charge is -2.27. The molecule has 7 heterocycles. The molecule has 4 aliphatic rings. The van der Waals surface area contributed by atoms with Gasteiger partial charge in [-0.25, -0.2) is 33.7 Å². The predicted molar refractivity (Wildman–Crippen MR) is 147 cm³/mol. The average molecular weight is 677 g/mol. The van der Waals surface area contributed by atoms with Gasteiger partial charge in [0.05, 0.1) is 31.1 Å². The number of hydrogen-bond donors (Lipinski definition) is 2. The highest BCUT2D eigenvalue weighted by Crippen LogP contribution is 2.51. The number of halogens is 2. The summed E-state index contributed by atoms with van der Waals surface area (Å²) in [6.45, 7) is -4.95. The van der Waals surface area contributed by atoms with Crippen LogP contribution in [0, 0.1) is 0 Å². The number of nitrogens with zero attached hydrogens (tertiary/aromatic N) is 7. The van der Waals surface area contributed by atoms with Crippen LogP contribution in [0.5, 0.6) is 0 Å². The molecule has 0 bridgehead atoms. The van der Waals surface area contributed by atoms with Gasteiger partial charge in [-0.3, -0.25) is 22.6 Å². The van der Waals surface area contributed by atoms with Crippen molar-refractivity contribution < 1.29 is 49.6 Å². The molecule has 4 aliphatic heterocycles. The molecule has 0 aliphatic carbocycles. The fourth-order valence-electron chi connectivity index (χ4n) is 5.51. The summed E-state index contributed by atoms with van der Waals surface area (Å²) < 4.78 is 88.2. The minimum absolute atomic E-state index is 0.0203. The Morgan fingerprint density at radius 2 is 1.77 bits per heavy atom. The molecule has 0 amide bonds. The number of aliphatic imine (C=N–C) groups is 1. The molecule has 9 atom stereocenters. The van der Waals surface area contributed by atoms with Gasteiger partial charge in [0, 0.05) is 12.6 Å². The number of nitrogens with two attached hydrogens (primary N) is 1. The molecule has 0 saturated carbocycles. The Morgan fingerprint density at radius 3 is 2.59 bits per heavy atom. The number of alkyl halides is 2. The van der Waals surface area contributed by atoms with Crippen LogP contribution >= 0.6 is 6.72 Å². The minimum atomic E-state index is -4.49. The van der Waals surface area contributed by atoms with Gasteiger partial charge in [-0.1, -0.05) is 0 Å². The fourth-order valence-corrected chi connectivity index (χ4v) is 8.13. The van der Waals surface area contributed by atoms with E-state index in [0.717, 1.165) is 6.33 Å². The lowest BCUT2D eigenvalue weighted by Crippen LogP contribution is -2.39. The van der Waals surface area contributed by atoms with Crippen molar-refractivity contribution in [2.75, 3.05) is 18.1 Å². The molecule has 3 N–H and O–H groups in total. The lowest BCUT2D eigenvalue weighted by atomic mass is 10.1. The van der Waals surface area contributed by atoms with E-state index in [2.05, 4.69) is 24.9 Å². The molecule has 17 nitrogen and oxygen atoms in total. The number of carbonyl (C=O) groups is 1. The van der Waals surface area contributed by atoms with Crippen molar-refractivity contribution in [3.8, 4) is 0 Å². The first-order valence-corrected chi connectivity index (χ1v) is 17.3. The van der Waals surface area contributed by atoms with E-state index in [1.54, 1.807) is 0 Å². The van der Waals surface area contributed by atoms with E-state index >= 15 is 8.78 Å². The summed E-state index contributed by atoms with van der Waals surface area (Å²) in [5.74, 6) is -0.991. The Kier molecular flexibility index (Phi) is 7.37. The van der Waals surface area contributed by atoms with Crippen LogP contribution in [0.25, 0.3) is 11.2 Å². The van der Waals surface area contributed by atoms with Crippen molar-refractivity contribution in [2.24, 2.45) is 4.99 Å². The first-order valence-electron chi connectivity index (χ1n) is 13.1. The number of rotatable bonds is 2. The van der Waals surface area contributed by atoms with Gasteiger partial charge in [-0.15, -0.1) is 0 Å². The van der Waals surface area contributed by atoms with E-state index in [9.17, 15) is 18.1 Å². The van der Waals surface area contributed by atoms with Crippen LogP contribution in [0.15, 0.2) is 24.0 Å². The Hall–Kier alpha value is -2.88. The molecule has 1 unspecified atom stereocenters. The quantitative estimate of drug-likeness (QED) is 0.283.